The fourth-order valence-electron chi connectivity index (χ4n) is 4.30. The van der Waals surface area contributed by atoms with E-state index in [-0.39, 0.29) is 5.97 Å². The van der Waals surface area contributed by atoms with Gasteiger partial charge in [-0.1, -0.05) is 5.16 Å². The number of hydrogen-bond donors (Lipinski definition) is 0. The fraction of sp³-hybridized carbons (Fsp3) is 0.867. The second kappa shape index (κ2) is 5.51. The van der Waals surface area contributed by atoms with Crippen LogP contribution in [0.5, 0.6) is 0 Å². The summed E-state index contributed by atoms with van der Waals surface area (Å²) in [7, 11) is 0. The van der Waals surface area contributed by atoms with Gasteiger partial charge >= 0.3 is 5.97 Å². The Morgan fingerprint density at radius 2 is 1.79 bits per heavy atom. The lowest BCUT2D eigenvalue weighted by molar-refractivity contribution is -0.144. The summed E-state index contributed by atoms with van der Waals surface area (Å²) in [6, 6.07) is 0. The molecule has 4 aliphatic carbocycles. The minimum Gasteiger partial charge on any atom is -0.466 e. The van der Waals surface area contributed by atoms with Gasteiger partial charge in [0.25, 0.3) is 0 Å². The average molecular weight is 265 g/mol. The zero-order valence-corrected chi connectivity index (χ0v) is 11.6. The van der Waals surface area contributed by atoms with Crippen LogP contribution in [0.1, 0.15) is 45.4 Å². The molecule has 4 heteroatoms. The Kier molecular flexibility index (Phi) is 3.76. The van der Waals surface area contributed by atoms with E-state index < -0.39 is 0 Å². The molecule has 0 N–H and O–H groups in total. The quantitative estimate of drug-likeness (QED) is 0.436. The SMILES string of the molecule is CCOC(=O)CCON=C1C2CC3CC(C2)CC1C3. The van der Waals surface area contributed by atoms with Crippen molar-refractivity contribution in [2.75, 3.05) is 13.2 Å². The van der Waals surface area contributed by atoms with Crippen molar-refractivity contribution in [2.24, 2.45) is 28.8 Å². The minimum absolute atomic E-state index is 0.201. The molecule has 19 heavy (non-hydrogen) atoms. The van der Waals surface area contributed by atoms with Crippen LogP contribution in [-0.2, 0) is 14.4 Å². The standard InChI is InChI=1S/C15H23NO3/c1-2-18-14(17)3-4-19-16-15-12-6-10-5-11(8-12)9-13(15)7-10/h10-13H,2-9H2,1H3. The van der Waals surface area contributed by atoms with Crippen LogP contribution < -0.4 is 0 Å². The van der Waals surface area contributed by atoms with Crippen LogP contribution in [0.25, 0.3) is 0 Å². The molecule has 0 radical (unpaired) electrons. The number of oxime groups is 1. The van der Waals surface area contributed by atoms with Gasteiger partial charge in [-0.3, -0.25) is 4.79 Å². The van der Waals surface area contributed by atoms with Crippen LogP contribution in [0.15, 0.2) is 5.16 Å². The average Bonchev–Trinajstić information content (AvgIpc) is 2.36. The van der Waals surface area contributed by atoms with Crippen LogP contribution >= 0.6 is 0 Å². The molecule has 0 amide bonds. The van der Waals surface area contributed by atoms with Crippen molar-refractivity contribution < 1.29 is 14.4 Å². The lowest BCUT2D eigenvalue weighted by atomic mass is 9.55. The van der Waals surface area contributed by atoms with Crippen molar-refractivity contribution in [1.29, 1.82) is 0 Å². The molecule has 4 nitrogen and oxygen atoms in total. The summed E-state index contributed by atoms with van der Waals surface area (Å²) < 4.78 is 4.86. The van der Waals surface area contributed by atoms with Crippen LogP contribution in [-0.4, -0.2) is 24.9 Å². The van der Waals surface area contributed by atoms with Crippen LogP contribution in [0.4, 0.5) is 0 Å². The second-order valence-corrected chi connectivity index (χ2v) is 6.21. The van der Waals surface area contributed by atoms with Gasteiger partial charge in [-0.05, 0) is 50.9 Å². The monoisotopic (exact) mass is 265 g/mol. The van der Waals surface area contributed by atoms with E-state index in [0.29, 0.717) is 31.5 Å². The van der Waals surface area contributed by atoms with E-state index in [2.05, 4.69) is 5.16 Å². The molecule has 106 valence electrons. The minimum atomic E-state index is -0.201. The lowest BCUT2D eigenvalue weighted by Crippen LogP contribution is -2.45. The predicted molar refractivity (Wildman–Crippen MR) is 71.7 cm³/mol. The molecule has 4 fully saturated rings. The van der Waals surface area contributed by atoms with Gasteiger partial charge in [0.1, 0.15) is 6.61 Å². The van der Waals surface area contributed by atoms with E-state index >= 15 is 0 Å². The van der Waals surface area contributed by atoms with Gasteiger partial charge in [-0.25, -0.2) is 0 Å². The Balaban J connectivity index is 1.49. The summed E-state index contributed by atoms with van der Waals surface area (Å²) in [5, 5.41) is 4.36. The van der Waals surface area contributed by atoms with E-state index in [1.54, 1.807) is 0 Å². The summed E-state index contributed by atoms with van der Waals surface area (Å²) >= 11 is 0. The third-order valence-corrected chi connectivity index (χ3v) is 4.85. The normalized spacial score (nSPS) is 35.3. The van der Waals surface area contributed by atoms with E-state index in [1.165, 1.54) is 37.8 Å². The third-order valence-electron chi connectivity index (χ3n) is 4.85. The van der Waals surface area contributed by atoms with Crippen molar-refractivity contribution in [3.8, 4) is 0 Å². The van der Waals surface area contributed by atoms with Crippen molar-refractivity contribution in [3.63, 3.8) is 0 Å². The number of hydrogen-bond acceptors (Lipinski definition) is 4. The second-order valence-electron chi connectivity index (χ2n) is 6.21. The maximum Gasteiger partial charge on any atom is 0.309 e. The Bertz CT molecular complexity index is 348. The molecule has 0 aliphatic heterocycles. The molecule has 0 aromatic carbocycles. The first kappa shape index (κ1) is 12.9. The van der Waals surface area contributed by atoms with E-state index in [9.17, 15) is 4.79 Å². The summed E-state index contributed by atoms with van der Waals surface area (Å²) in [4.78, 5) is 16.6. The van der Waals surface area contributed by atoms with Gasteiger partial charge in [-0.15, -0.1) is 0 Å². The first-order chi connectivity index (χ1) is 9.26. The lowest BCUT2D eigenvalue weighted by Gasteiger charge is -2.49. The Hall–Kier alpha value is -1.06. The first-order valence-corrected chi connectivity index (χ1v) is 7.61. The predicted octanol–water partition coefficient (Wildman–Crippen LogP) is 2.77. The molecule has 0 heterocycles. The van der Waals surface area contributed by atoms with E-state index in [0.717, 1.165) is 11.8 Å². The molecule has 0 saturated heterocycles. The highest BCUT2D eigenvalue weighted by Crippen LogP contribution is 2.52. The highest BCUT2D eigenvalue weighted by Gasteiger charge is 2.46. The summed E-state index contributed by atoms with van der Waals surface area (Å²) in [6.45, 7) is 2.59. The first-order valence-electron chi connectivity index (χ1n) is 7.61. The largest absolute Gasteiger partial charge is 0.466 e. The van der Waals surface area contributed by atoms with Gasteiger partial charge in [0.05, 0.1) is 18.7 Å². The zero-order valence-electron chi connectivity index (χ0n) is 11.6. The number of esters is 1. The van der Waals surface area contributed by atoms with Gasteiger partial charge in [0.15, 0.2) is 0 Å². The van der Waals surface area contributed by atoms with Crippen LogP contribution in [0, 0.1) is 23.7 Å². The molecule has 4 saturated carbocycles. The highest BCUT2D eigenvalue weighted by molar-refractivity contribution is 5.90. The van der Waals surface area contributed by atoms with Gasteiger partial charge in [0, 0.05) is 11.8 Å². The molecule has 4 aliphatic rings. The number of rotatable bonds is 5. The van der Waals surface area contributed by atoms with Crippen molar-refractivity contribution >= 4 is 11.7 Å². The maximum atomic E-state index is 11.2. The molecule has 0 atom stereocenters. The van der Waals surface area contributed by atoms with Crippen LogP contribution in [0.2, 0.25) is 0 Å². The smallest absolute Gasteiger partial charge is 0.309 e. The zero-order chi connectivity index (χ0) is 13.2. The topological polar surface area (TPSA) is 47.9 Å². The maximum absolute atomic E-state index is 11.2. The highest BCUT2D eigenvalue weighted by atomic mass is 16.6. The third kappa shape index (κ3) is 2.77. The van der Waals surface area contributed by atoms with Crippen molar-refractivity contribution in [3.05, 3.63) is 0 Å². The van der Waals surface area contributed by atoms with Crippen LogP contribution in [0.3, 0.4) is 0 Å². The van der Waals surface area contributed by atoms with Gasteiger partial charge < -0.3 is 9.57 Å². The molecule has 0 aromatic rings. The van der Waals surface area contributed by atoms with E-state index in [4.69, 9.17) is 9.57 Å². The summed E-state index contributed by atoms with van der Waals surface area (Å²) in [5.74, 6) is 3.02. The number of ether oxygens (including phenoxy) is 1. The molecule has 0 aromatic heterocycles. The number of nitrogens with zero attached hydrogens (tertiary/aromatic N) is 1. The summed E-state index contributed by atoms with van der Waals surface area (Å²) in [6.07, 6.45) is 7.00. The van der Waals surface area contributed by atoms with Crippen molar-refractivity contribution in [1.82, 2.24) is 0 Å². The molecular formula is C15H23NO3. The van der Waals surface area contributed by atoms with E-state index in [1.807, 2.05) is 6.92 Å². The number of carbonyl (C=O) groups is 1. The van der Waals surface area contributed by atoms with Crippen molar-refractivity contribution in [2.45, 2.75) is 45.4 Å². The Morgan fingerprint density at radius 3 is 2.37 bits per heavy atom. The number of carbonyl (C=O) groups excluding carboxylic acids is 1. The Labute approximate surface area is 114 Å². The molecular weight excluding hydrogens is 242 g/mol. The fourth-order valence-corrected chi connectivity index (χ4v) is 4.30. The van der Waals surface area contributed by atoms with Gasteiger partial charge in [-0.2, -0.15) is 0 Å². The molecule has 4 bridgehead atoms. The molecule has 0 spiro atoms. The Morgan fingerprint density at radius 1 is 1.16 bits per heavy atom. The summed E-state index contributed by atoms with van der Waals surface area (Å²) in [5.41, 5.74) is 1.29. The van der Waals surface area contributed by atoms with Gasteiger partial charge in [0.2, 0.25) is 0 Å². The molecule has 0 unspecified atom stereocenters. The molecule has 4 rings (SSSR count).